The molecule has 20 heavy (non-hydrogen) atoms. The highest BCUT2D eigenvalue weighted by Gasteiger charge is 2.25. The predicted molar refractivity (Wildman–Crippen MR) is 82.5 cm³/mol. The molecule has 0 spiro atoms. The predicted octanol–water partition coefficient (Wildman–Crippen LogP) is 1.89. The van der Waals surface area contributed by atoms with E-state index in [1.165, 1.54) is 25.9 Å². The first-order valence-electron chi connectivity index (χ1n) is 7.61. The van der Waals surface area contributed by atoms with Crippen LogP contribution in [-0.4, -0.2) is 62.2 Å². The number of rotatable bonds is 3. The number of nitrogens with one attached hydrogen (secondary N) is 1. The summed E-state index contributed by atoms with van der Waals surface area (Å²) >= 11 is 0. The van der Waals surface area contributed by atoms with E-state index >= 15 is 0 Å². The van der Waals surface area contributed by atoms with Gasteiger partial charge in [0.25, 0.3) is 0 Å². The van der Waals surface area contributed by atoms with Crippen molar-refractivity contribution in [1.29, 1.82) is 0 Å². The Labute approximate surface area is 121 Å². The molecule has 1 saturated heterocycles. The van der Waals surface area contributed by atoms with Crippen molar-refractivity contribution in [2.24, 2.45) is 0 Å². The highest BCUT2D eigenvalue weighted by Crippen LogP contribution is 2.28. The van der Waals surface area contributed by atoms with Crippen molar-refractivity contribution in [2.45, 2.75) is 25.0 Å². The van der Waals surface area contributed by atoms with Crippen molar-refractivity contribution in [1.82, 2.24) is 9.80 Å². The van der Waals surface area contributed by atoms with Crippen LogP contribution in [0, 0.1) is 0 Å². The van der Waals surface area contributed by atoms with Crippen molar-refractivity contribution in [3.05, 3.63) is 24.3 Å². The minimum absolute atomic E-state index is 0.265. The van der Waals surface area contributed by atoms with Gasteiger partial charge in [0.15, 0.2) is 0 Å². The second-order valence-electron chi connectivity index (χ2n) is 6.11. The van der Waals surface area contributed by atoms with Crippen LogP contribution in [0.5, 0.6) is 5.75 Å². The van der Waals surface area contributed by atoms with E-state index in [-0.39, 0.29) is 6.10 Å². The Morgan fingerprint density at radius 3 is 2.75 bits per heavy atom. The zero-order valence-corrected chi connectivity index (χ0v) is 12.5. The Balaban J connectivity index is 1.51. The molecule has 1 unspecified atom stereocenters. The third-order valence-corrected chi connectivity index (χ3v) is 4.45. The minimum Gasteiger partial charge on any atom is -0.485 e. The average Bonchev–Trinajstić information content (AvgIpc) is 2.48. The van der Waals surface area contributed by atoms with Crippen LogP contribution in [0.15, 0.2) is 24.3 Å². The van der Waals surface area contributed by atoms with Gasteiger partial charge in [0.2, 0.25) is 0 Å². The number of piperidine rings is 1. The second-order valence-corrected chi connectivity index (χ2v) is 6.11. The second kappa shape index (κ2) is 6.02. The molecule has 0 bridgehead atoms. The van der Waals surface area contributed by atoms with Gasteiger partial charge in [-0.2, -0.15) is 0 Å². The summed E-state index contributed by atoms with van der Waals surface area (Å²) in [6, 6.07) is 8.95. The first-order valence-corrected chi connectivity index (χ1v) is 7.61. The number of benzene rings is 1. The van der Waals surface area contributed by atoms with E-state index in [2.05, 4.69) is 35.3 Å². The number of likely N-dealkylation sites (tertiary alicyclic amines) is 1. The summed E-state index contributed by atoms with van der Waals surface area (Å²) in [6.45, 7) is 4.31. The van der Waals surface area contributed by atoms with Gasteiger partial charge in [0.05, 0.1) is 12.2 Å². The maximum atomic E-state index is 6.09. The molecule has 4 nitrogen and oxygen atoms in total. The minimum atomic E-state index is 0.265. The summed E-state index contributed by atoms with van der Waals surface area (Å²) in [5.41, 5.74) is 1.12. The molecule has 0 aromatic heterocycles. The Kier molecular flexibility index (Phi) is 4.13. The lowest BCUT2D eigenvalue weighted by Crippen LogP contribution is -2.47. The molecule has 1 atom stereocenters. The molecule has 4 heteroatoms. The van der Waals surface area contributed by atoms with E-state index in [0.717, 1.165) is 30.6 Å². The summed E-state index contributed by atoms with van der Waals surface area (Å²) < 4.78 is 6.09. The Morgan fingerprint density at radius 1 is 1.25 bits per heavy atom. The van der Waals surface area contributed by atoms with Crippen molar-refractivity contribution < 1.29 is 4.74 Å². The molecule has 110 valence electrons. The van der Waals surface area contributed by atoms with Crippen LogP contribution in [0.2, 0.25) is 0 Å². The van der Waals surface area contributed by atoms with E-state index in [9.17, 15) is 0 Å². The van der Waals surface area contributed by atoms with Crippen LogP contribution >= 0.6 is 0 Å². The van der Waals surface area contributed by atoms with Crippen LogP contribution in [0.4, 0.5) is 5.69 Å². The number of fused-ring (bicyclic) bond motifs is 1. The van der Waals surface area contributed by atoms with Crippen molar-refractivity contribution >= 4 is 5.69 Å². The van der Waals surface area contributed by atoms with Gasteiger partial charge < -0.3 is 15.0 Å². The summed E-state index contributed by atoms with van der Waals surface area (Å²) in [6.07, 6.45) is 2.80. The summed E-state index contributed by atoms with van der Waals surface area (Å²) in [5.74, 6) is 0.993. The molecular weight excluding hydrogens is 250 g/mol. The maximum absolute atomic E-state index is 6.09. The van der Waals surface area contributed by atoms with Gasteiger partial charge in [-0.1, -0.05) is 12.1 Å². The molecule has 3 rings (SSSR count). The molecule has 0 aliphatic carbocycles. The first-order chi connectivity index (χ1) is 9.72. The fourth-order valence-corrected chi connectivity index (χ4v) is 3.17. The molecule has 0 radical (unpaired) electrons. The fourth-order valence-electron chi connectivity index (χ4n) is 3.17. The van der Waals surface area contributed by atoms with Crippen LogP contribution in [0.3, 0.4) is 0 Å². The van der Waals surface area contributed by atoms with E-state index in [0.29, 0.717) is 0 Å². The number of ether oxygens (including phenoxy) is 1. The topological polar surface area (TPSA) is 27.7 Å². The number of nitrogens with zero attached hydrogens (tertiary/aromatic N) is 2. The van der Waals surface area contributed by atoms with E-state index in [1.807, 2.05) is 18.2 Å². The standard InChI is InChI=1S/C16H25N3O/c1-18(2)13-7-9-19(10-8-13)12-14-11-17-15-5-3-4-6-16(15)20-14/h3-6,13-14,17H,7-12H2,1-2H3. The summed E-state index contributed by atoms with van der Waals surface area (Å²) in [7, 11) is 4.37. The molecule has 1 fully saturated rings. The largest absolute Gasteiger partial charge is 0.485 e. The Hall–Kier alpha value is -1.26. The van der Waals surface area contributed by atoms with E-state index in [1.54, 1.807) is 0 Å². The van der Waals surface area contributed by atoms with Crippen molar-refractivity contribution in [2.75, 3.05) is 45.6 Å². The van der Waals surface area contributed by atoms with Crippen LogP contribution in [0.1, 0.15) is 12.8 Å². The Bertz CT molecular complexity index is 441. The fraction of sp³-hybridized carbons (Fsp3) is 0.625. The average molecular weight is 275 g/mol. The molecule has 2 aliphatic rings. The van der Waals surface area contributed by atoms with Gasteiger partial charge in [-0.3, -0.25) is 4.90 Å². The van der Waals surface area contributed by atoms with Crippen molar-refractivity contribution in [3.63, 3.8) is 0 Å². The highest BCUT2D eigenvalue weighted by atomic mass is 16.5. The molecule has 2 heterocycles. The lowest BCUT2D eigenvalue weighted by molar-refractivity contribution is 0.0945. The monoisotopic (exact) mass is 275 g/mol. The molecule has 1 aromatic carbocycles. The van der Waals surface area contributed by atoms with E-state index in [4.69, 9.17) is 4.74 Å². The van der Waals surface area contributed by atoms with Gasteiger partial charge in [0.1, 0.15) is 11.9 Å². The van der Waals surface area contributed by atoms with Crippen LogP contribution < -0.4 is 10.1 Å². The zero-order valence-electron chi connectivity index (χ0n) is 12.5. The quantitative estimate of drug-likeness (QED) is 0.911. The normalized spacial score (nSPS) is 24.1. The van der Waals surface area contributed by atoms with Crippen LogP contribution in [-0.2, 0) is 0 Å². The summed E-state index contributed by atoms with van der Waals surface area (Å²) in [5, 5.41) is 3.47. The van der Waals surface area contributed by atoms with Crippen LogP contribution in [0.25, 0.3) is 0 Å². The number of para-hydroxylation sites is 2. The molecule has 1 aromatic rings. The first kappa shape index (κ1) is 13.7. The number of hydrogen-bond acceptors (Lipinski definition) is 4. The Morgan fingerprint density at radius 2 is 2.00 bits per heavy atom. The maximum Gasteiger partial charge on any atom is 0.142 e. The smallest absolute Gasteiger partial charge is 0.142 e. The number of anilines is 1. The van der Waals surface area contributed by atoms with Gasteiger partial charge >= 0.3 is 0 Å². The SMILES string of the molecule is CN(C)C1CCN(CC2CNc3ccccc3O2)CC1. The highest BCUT2D eigenvalue weighted by molar-refractivity contribution is 5.57. The van der Waals surface area contributed by atoms with Gasteiger partial charge in [0, 0.05) is 12.6 Å². The van der Waals surface area contributed by atoms with Crippen molar-refractivity contribution in [3.8, 4) is 5.75 Å². The number of hydrogen-bond donors (Lipinski definition) is 1. The molecule has 2 aliphatic heterocycles. The molecule has 1 N–H and O–H groups in total. The third-order valence-electron chi connectivity index (χ3n) is 4.45. The summed E-state index contributed by atoms with van der Waals surface area (Å²) in [4.78, 5) is 4.90. The molecule has 0 saturated carbocycles. The zero-order chi connectivity index (χ0) is 13.9. The van der Waals surface area contributed by atoms with Gasteiger partial charge in [-0.25, -0.2) is 0 Å². The molecular formula is C16H25N3O. The third kappa shape index (κ3) is 3.07. The lowest BCUT2D eigenvalue weighted by atomic mass is 10.0. The van der Waals surface area contributed by atoms with Gasteiger partial charge in [-0.15, -0.1) is 0 Å². The molecule has 0 amide bonds. The lowest BCUT2D eigenvalue weighted by Gasteiger charge is -2.37. The van der Waals surface area contributed by atoms with Gasteiger partial charge in [-0.05, 0) is 52.2 Å². The van der Waals surface area contributed by atoms with E-state index < -0.39 is 0 Å².